The van der Waals surface area contributed by atoms with Crippen molar-refractivity contribution in [2.75, 3.05) is 25.1 Å². The van der Waals surface area contributed by atoms with Crippen LogP contribution in [0.2, 0.25) is 0 Å². The van der Waals surface area contributed by atoms with Gasteiger partial charge in [-0.15, -0.1) is 0 Å². The summed E-state index contributed by atoms with van der Waals surface area (Å²) in [5.41, 5.74) is 0.777. The van der Waals surface area contributed by atoms with E-state index in [1.165, 1.54) is 12.8 Å². The van der Waals surface area contributed by atoms with Crippen molar-refractivity contribution in [1.82, 2.24) is 5.32 Å². The third-order valence-electron chi connectivity index (χ3n) is 3.07. The number of nitrogens with one attached hydrogen (secondary N) is 2. The molecule has 19 heavy (non-hydrogen) atoms. The van der Waals surface area contributed by atoms with Crippen LogP contribution >= 0.6 is 15.9 Å². The Hall–Kier alpha value is -0.910. The van der Waals surface area contributed by atoms with E-state index in [0.29, 0.717) is 12.6 Å². The number of amides is 1. The van der Waals surface area contributed by atoms with E-state index in [1.807, 2.05) is 24.3 Å². The molecular formula is C14H19BrN2O2. The van der Waals surface area contributed by atoms with E-state index in [2.05, 4.69) is 26.6 Å². The molecule has 4 nitrogen and oxygen atoms in total. The predicted molar refractivity (Wildman–Crippen MR) is 79.2 cm³/mol. The van der Waals surface area contributed by atoms with Gasteiger partial charge in [0.2, 0.25) is 5.91 Å². The van der Waals surface area contributed by atoms with Crippen LogP contribution in [-0.2, 0) is 9.53 Å². The smallest absolute Gasteiger partial charge is 0.250 e. The fourth-order valence-electron chi connectivity index (χ4n) is 2.12. The molecule has 1 aromatic rings. The van der Waals surface area contributed by atoms with Crippen molar-refractivity contribution in [2.24, 2.45) is 0 Å². The number of rotatable bonds is 5. The van der Waals surface area contributed by atoms with Crippen molar-refractivity contribution in [3.8, 4) is 0 Å². The second-order valence-corrected chi connectivity index (χ2v) is 5.64. The lowest BCUT2D eigenvalue weighted by Crippen LogP contribution is -2.38. The summed E-state index contributed by atoms with van der Waals surface area (Å²) in [7, 11) is 0. The molecule has 1 aliphatic heterocycles. The number of ether oxygens (including phenoxy) is 1. The second kappa shape index (κ2) is 7.62. The summed E-state index contributed by atoms with van der Waals surface area (Å²) in [4.78, 5) is 11.7. The molecule has 2 N–H and O–H groups in total. The SMILES string of the molecule is O=C(COCC1CCCCN1)Nc1cccc(Br)c1. The predicted octanol–water partition coefficient (Wildman–Crippen LogP) is 2.55. The third-order valence-corrected chi connectivity index (χ3v) is 3.57. The standard InChI is InChI=1S/C14H19BrN2O2/c15-11-4-3-6-12(8-11)17-14(18)10-19-9-13-5-1-2-7-16-13/h3-4,6,8,13,16H,1-2,5,7,9-10H2,(H,17,18). The summed E-state index contributed by atoms with van der Waals surface area (Å²) in [6.07, 6.45) is 3.61. The van der Waals surface area contributed by atoms with Crippen LogP contribution in [0.1, 0.15) is 19.3 Å². The van der Waals surface area contributed by atoms with Crippen molar-refractivity contribution >= 4 is 27.5 Å². The fourth-order valence-corrected chi connectivity index (χ4v) is 2.52. The van der Waals surface area contributed by atoms with Gasteiger partial charge in [0.15, 0.2) is 0 Å². The van der Waals surface area contributed by atoms with Gasteiger partial charge in [0.25, 0.3) is 0 Å². The summed E-state index contributed by atoms with van der Waals surface area (Å²) in [5.74, 6) is -0.117. The van der Waals surface area contributed by atoms with Gasteiger partial charge in [0, 0.05) is 16.2 Å². The first kappa shape index (κ1) is 14.5. The number of anilines is 1. The van der Waals surface area contributed by atoms with E-state index in [1.54, 1.807) is 0 Å². The van der Waals surface area contributed by atoms with E-state index >= 15 is 0 Å². The van der Waals surface area contributed by atoms with Gasteiger partial charge in [-0.1, -0.05) is 28.4 Å². The van der Waals surface area contributed by atoms with E-state index in [0.717, 1.165) is 23.1 Å². The van der Waals surface area contributed by atoms with E-state index in [4.69, 9.17) is 4.74 Å². The number of hydrogen-bond acceptors (Lipinski definition) is 3. The second-order valence-electron chi connectivity index (χ2n) is 4.72. The van der Waals surface area contributed by atoms with Crippen LogP contribution in [0.25, 0.3) is 0 Å². The summed E-state index contributed by atoms with van der Waals surface area (Å²) >= 11 is 3.37. The topological polar surface area (TPSA) is 50.4 Å². The van der Waals surface area contributed by atoms with Gasteiger partial charge in [-0.25, -0.2) is 0 Å². The molecule has 0 bridgehead atoms. The highest BCUT2D eigenvalue weighted by Crippen LogP contribution is 2.15. The van der Waals surface area contributed by atoms with Crippen LogP contribution < -0.4 is 10.6 Å². The monoisotopic (exact) mass is 326 g/mol. The number of carbonyl (C=O) groups excluding carboxylic acids is 1. The molecular weight excluding hydrogens is 308 g/mol. The minimum atomic E-state index is -0.117. The van der Waals surface area contributed by atoms with E-state index < -0.39 is 0 Å². The normalized spacial score (nSPS) is 19.1. The van der Waals surface area contributed by atoms with Crippen LogP contribution in [0.4, 0.5) is 5.69 Å². The van der Waals surface area contributed by atoms with Gasteiger partial charge >= 0.3 is 0 Å². The van der Waals surface area contributed by atoms with E-state index in [-0.39, 0.29) is 12.5 Å². The summed E-state index contributed by atoms with van der Waals surface area (Å²) in [5, 5.41) is 6.19. The van der Waals surface area contributed by atoms with Gasteiger partial charge in [-0.2, -0.15) is 0 Å². The highest BCUT2D eigenvalue weighted by atomic mass is 79.9. The number of carbonyl (C=O) groups is 1. The number of hydrogen-bond donors (Lipinski definition) is 2. The molecule has 0 aliphatic carbocycles. The lowest BCUT2D eigenvalue weighted by molar-refractivity contribution is -0.120. The molecule has 0 saturated carbocycles. The lowest BCUT2D eigenvalue weighted by atomic mass is 10.1. The number of piperidine rings is 1. The van der Waals surface area contributed by atoms with Crippen LogP contribution in [0, 0.1) is 0 Å². The summed E-state index contributed by atoms with van der Waals surface area (Å²) < 4.78 is 6.39. The molecule has 1 fully saturated rings. The molecule has 1 heterocycles. The molecule has 104 valence electrons. The van der Waals surface area contributed by atoms with Crippen LogP contribution in [0.15, 0.2) is 28.7 Å². The van der Waals surface area contributed by atoms with Crippen LogP contribution in [0.5, 0.6) is 0 Å². The molecule has 0 radical (unpaired) electrons. The zero-order valence-corrected chi connectivity index (χ0v) is 12.4. The van der Waals surface area contributed by atoms with Crippen molar-refractivity contribution in [3.63, 3.8) is 0 Å². The highest BCUT2D eigenvalue weighted by molar-refractivity contribution is 9.10. The summed E-state index contributed by atoms with van der Waals surface area (Å²) in [6.45, 7) is 1.76. The Balaban J connectivity index is 1.67. The number of halogens is 1. The first-order chi connectivity index (χ1) is 9.24. The molecule has 1 unspecified atom stereocenters. The van der Waals surface area contributed by atoms with Crippen molar-refractivity contribution in [1.29, 1.82) is 0 Å². The highest BCUT2D eigenvalue weighted by Gasteiger charge is 2.13. The summed E-state index contributed by atoms with van der Waals surface area (Å²) in [6, 6.07) is 7.91. The average Bonchev–Trinajstić information content (AvgIpc) is 2.40. The average molecular weight is 327 g/mol. The first-order valence-corrected chi connectivity index (χ1v) is 7.40. The zero-order valence-electron chi connectivity index (χ0n) is 10.8. The maximum atomic E-state index is 11.7. The Labute approximate surface area is 122 Å². The van der Waals surface area contributed by atoms with Crippen molar-refractivity contribution in [3.05, 3.63) is 28.7 Å². The molecule has 1 amide bonds. The van der Waals surface area contributed by atoms with Gasteiger partial charge in [-0.05, 0) is 37.6 Å². The van der Waals surface area contributed by atoms with E-state index in [9.17, 15) is 4.79 Å². The Morgan fingerprint density at radius 3 is 3.11 bits per heavy atom. The maximum absolute atomic E-state index is 11.7. The third kappa shape index (κ3) is 5.30. The molecule has 1 atom stereocenters. The molecule has 1 aliphatic rings. The Morgan fingerprint density at radius 2 is 2.37 bits per heavy atom. The van der Waals surface area contributed by atoms with Crippen molar-refractivity contribution in [2.45, 2.75) is 25.3 Å². The van der Waals surface area contributed by atoms with Gasteiger partial charge in [0.1, 0.15) is 6.61 Å². The Kier molecular flexibility index (Phi) is 5.82. The van der Waals surface area contributed by atoms with Gasteiger partial charge < -0.3 is 15.4 Å². The Bertz CT molecular complexity index is 420. The molecule has 1 aromatic carbocycles. The Morgan fingerprint density at radius 1 is 1.47 bits per heavy atom. The molecule has 0 aromatic heterocycles. The maximum Gasteiger partial charge on any atom is 0.250 e. The quantitative estimate of drug-likeness (QED) is 0.874. The number of benzene rings is 1. The molecule has 1 saturated heterocycles. The van der Waals surface area contributed by atoms with Crippen LogP contribution in [-0.4, -0.2) is 31.7 Å². The lowest BCUT2D eigenvalue weighted by Gasteiger charge is -2.23. The first-order valence-electron chi connectivity index (χ1n) is 6.60. The van der Waals surface area contributed by atoms with Gasteiger partial charge in [0.05, 0.1) is 6.61 Å². The molecule has 0 spiro atoms. The zero-order chi connectivity index (χ0) is 13.5. The van der Waals surface area contributed by atoms with Crippen molar-refractivity contribution < 1.29 is 9.53 Å². The largest absolute Gasteiger partial charge is 0.370 e. The minimum absolute atomic E-state index is 0.102. The fraction of sp³-hybridized carbons (Fsp3) is 0.500. The molecule has 5 heteroatoms. The van der Waals surface area contributed by atoms with Crippen LogP contribution in [0.3, 0.4) is 0 Å². The van der Waals surface area contributed by atoms with Gasteiger partial charge in [-0.3, -0.25) is 4.79 Å². The molecule has 2 rings (SSSR count). The minimum Gasteiger partial charge on any atom is -0.370 e.